The quantitative estimate of drug-likeness (QED) is 0.168. The summed E-state index contributed by atoms with van der Waals surface area (Å²) in [4.78, 5) is 33.3. The molecule has 0 radical (unpaired) electrons. The van der Waals surface area contributed by atoms with Gasteiger partial charge in [0.15, 0.2) is 16.3 Å². The minimum atomic E-state index is -0.732. The van der Waals surface area contributed by atoms with Crippen molar-refractivity contribution >= 4 is 63.2 Å². The van der Waals surface area contributed by atoms with E-state index in [0.717, 1.165) is 20.3 Å². The Morgan fingerprint density at radius 1 is 1.02 bits per heavy atom. The number of nitrogens with zero attached hydrogens (tertiary/aromatic N) is 2. The number of aromatic nitrogens is 1. The molecule has 11 heteroatoms. The van der Waals surface area contributed by atoms with Crippen LogP contribution < -0.4 is 34.4 Å². The highest BCUT2D eigenvalue weighted by Crippen LogP contribution is 2.35. The first-order chi connectivity index (χ1) is 22.7. The summed E-state index contributed by atoms with van der Waals surface area (Å²) >= 11 is 9.60. The molecular weight excluding hydrogens is 749 g/mol. The molecule has 0 unspecified atom stereocenters. The molecule has 1 aromatic heterocycles. The van der Waals surface area contributed by atoms with Gasteiger partial charge >= 0.3 is 0 Å². The first kappa shape index (κ1) is 32.5. The van der Waals surface area contributed by atoms with Gasteiger partial charge < -0.3 is 19.5 Å². The lowest BCUT2D eigenvalue weighted by molar-refractivity contribution is -0.113. The van der Waals surface area contributed by atoms with E-state index in [1.807, 2.05) is 91.0 Å². The zero-order chi connectivity index (χ0) is 33.1. The lowest BCUT2D eigenvalue weighted by atomic mass is 9.95. The number of fused-ring (bicyclic) bond motifs is 1. The molecule has 0 saturated heterocycles. The van der Waals surface area contributed by atoms with Crippen LogP contribution in [0.4, 0.5) is 5.69 Å². The van der Waals surface area contributed by atoms with Crippen LogP contribution in [0, 0.1) is 3.57 Å². The van der Waals surface area contributed by atoms with Gasteiger partial charge in [0.1, 0.15) is 12.4 Å². The second-order valence-corrected chi connectivity index (χ2v) is 13.2. The average molecular weight is 778 g/mol. The van der Waals surface area contributed by atoms with Crippen molar-refractivity contribution in [1.29, 1.82) is 0 Å². The molecule has 4 aromatic carbocycles. The van der Waals surface area contributed by atoms with Crippen LogP contribution in [0.25, 0.3) is 6.08 Å². The summed E-state index contributed by atoms with van der Waals surface area (Å²) in [6.07, 6.45) is 1.81. The van der Waals surface area contributed by atoms with Crippen molar-refractivity contribution in [1.82, 2.24) is 4.57 Å². The Hall–Kier alpha value is -4.39. The number of thiazole rings is 1. The van der Waals surface area contributed by atoms with Crippen molar-refractivity contribution in [2.45, 2.75) is 19.6 Å². The number of amides is 1. The molecule has 0 spiro atoms. The lowest BCUT2D eigenvalue weighted by Gasteiger charge is -2.25. The van der Waals surface area contributed by atoms with E-state index in [1.54, 1.807) is 31.8 Å². The second kappa shape index (κ2) is 14.2. The van der Waals surface area contributed by atoms with Gasteiger partial charge in [-0.25, -0.2) is 4.99 Å². The summed E-state index contributed by atoms with van der Waals surface area (Å²) in [5, 5.41) is 3.61. The molecule has 1 amide bonds. The summed E-state index contributed by atoms with van der Waals surface area (Å²) in [6.45, 7) is 2.11. The highest BCUT2D eigenvalue weighted by atomic mass is 127. The molecule has 1 aliphatic heterocycles. The van der Waals surface area contributed by atoms with Gasteiger partial charge in [0.2, 0.25) is 0 Å². The standard InChI is InChI=1S/C36H29ClIN3O5S/c1-21-31(34(42)40-26-12-5-4-6-13-26)32(24-10-8-14-27(19-24)44-2)41-35(43)30(47-36(41)39-21)18-23-16-28(38)33(29(17-23)45-3)46-20-22-9-7-11-25(37)15-22/h4-19,32H,20H2,1-3H3,(H,40,42)/b30-18-/t32-/m1/s1. The third-order valence-electron chi connectivity index (χ3n) is 7.53. The average Bonchev–Trinajstić information content (AvgIpc) is 3.37. The molecule has 0 saturated carbocycles. The summed E-state index contributed by atoms with van der Waals surface area (Å²) in [5.41, 5.74) is 3.68. The van der Waals surface area contributed by atoms with Crippen molar-refractivity contribution in [3.8, 4) is 17.2 Å². The van der Waals surface area contributed by atoms with Gasteiger partial charge in [-0.05, 0) is 101 Å². The zero-order valence-electron chi connectivity index (χ0n) is 25.6. The van der Waals surface area contributed by atoms with Gasteiger partial charge in [0, 0.05) is 10.7 Å². The number of halogens is 2. The number of allylic oxidation sites excluding steroid dienone is 1. The van der Waals surface area contributed by atoms with Crippen molar-refractivity contribution in [2.75, 3.05) is 19.5 Å². The fourth-order valence-corrected chi connectivity index (χ4v) is 7.40. The molecule has 0 fully saturated rings. The molecular formula is C36H29ClIN3O5S. The molecule has 238 valence electrons. The molecule has 0 aliphatic carbocycles. The van der Waals surface area contributed by atoms with Gasteiger partial charge in [-0.2, -0.15) is 0 Å². The number of methoxy groups -OCH3 is 2. The van der Waals surface area contributed by atoms with Crippen molar-refractivity contribution in [2.24, 2.45) is 4.99 Å². The lowest BCUT2D eigenvalue weighted by Crippen LogP contribution is -2.40. The predicted molar refractivity (Wildman–Crippen MR) is 193 cm³/mol. The first-order valence-corrected chi connectivity index (χ1v) is 16.8. The summed E-state index contributed by atoms with van der Waals surface area (Å²) in [7, 11) is 3.16. The maximum atomic E-state index is 14.2. The second-order valence-electron chi connectivity index (χ2n) is 10.6. The number of anilines is 1. The molecule has 47 heavy (non-hydrogen) atoms. The van der Waals surface area contributed by atoms with E-state index in [1.165, 1.54) is 11.3 Å². The van der Waals surface area contributed by atoms with Crippen LogP contribution in [0.15, 0.2) is 112 Å². The number of nitrogens with one attached hydrogen (secondary N) is 1. The number of hydrogen-bond acceptors (Lipinski definition) is 7. The first-order valence-electron chi connectivity index (χ1n) is 14.5. The molecule has 8 nitrogen and oxygen atoms in total. The number of carbonyl (C=O) groups is 1. The molecule has 1 N–H and O–H groups in total. The molecule has 1 atom stereocenters. The van der Waals surface area contributed by atoms with Gasteiger partial charge in [-0.1, -0.05) is 65.4 Å². The Balaban J connectivity index is 1.41. The number of rotatable bonds is 9. The topological polar surface area (TPSA) is 91.2 Å². The van der Waals surface area contributed by atoms with Crippen LogP contribution in [-0.4, -0.2) is 24.7 Å². The Morgan fingerprint density at radius 2 is 1.81 bits per heavy atom. The molecule has 5 aromatic rings. The van der Waals surface area contributed by atoms with Crippen LogP contribution in [0.3, 0.4) is 0 Å². The predicted octanol–water partition coefficient (Wildman–Crippen LogP) is 6.73. The maximum Gasteiger partial charge on any atom is 0.271 e. The van der Waals surface area contributed by atoms with Crippen LogP contribution >= 0.6 is 45.5 Å². The Bertz CT molecular complexity index is 2200. The van der Waals surface area contributed by atoms with Gasteiger partial charge in [-0.3, -0.25) is 14.2 Å². The van der Waals surface area contributed by atoms with E-state index in [4.69, 9.17) is 30.8 Å². The fourth-order valence-electron chi connectivity index (χ4n) is 5.36. The molecule has 0 bridgehead atoms. The van der Waals surface area contributed by atoms with Gasteiger partial charge in [0.25, 0.3) is 11.5 Å². The Kier molecular flexibility index (Phi) is 9.81. The minimum absolute atomic E-state index is 0.269. The van der Waals surface area contributed by atoms with Crippen LogP contribution in [0.2, 0.25) is 5.02 Å². The van der Waals surface area contributed by atoms with Crippen LogP contribution in [0.1, 0.15) is 29.7 Å². The molecule has 6 rings (SSSR count). The Morgan fingerprint density at radius 3 is 2.55 bits per heavy atom. The number of ether oxygens (including phenoxy) is 3. The van der Waals surface area contributed by atoms with Crippen molar-refractivity contribution < 1.29 is 19.0 Å². The monoisotopic (exact) mass is 777 g/mol. The molecule has 2 heterocycles. The minimum Gasteiger partial charge on any atom is -0.497 e. The number of hydrogen-bond donors (Lipinski definition) is 1. The third-order valence-corrected chi connectivity index (χ3v) is 9.55. The maximum absolute atomic E-state index is 14.2. The smallest absolute Gasteiger partial charge is 0.271 e. The summed E-state index contributed by atoms with van der Waals surface area (Å²) < 4.78 is 20.2. The van der Waals surface area contributed by atoms with E-state index in [-0.39, 0.29) is 11.5 Å². The van der Waals surface area contributed by atoms with Gasteiger partial charge in [-0.15, -0.1) is 0 Å². The van der Waals surface area contributed by atoms with Crippen LogP contribution in [0.5, 0.6) is 17.2 Å². The summed E-state index contributed by atoms with van der Waals surface area (Å²) in [6, 6.07) is 27.1. The number of carbonyl (C=O) groups excluding carboxylic acids is 1. The van der Waals surface area contributed by atoms with Gasteiger partial charge in [0.05, 0.1) is 39.6 Å². The SMILES string of the molecule is COc1cccc([C@@H]2C(C(=O)Nc3ccccc3)=C(C)N=c3s/c(=C\c4cc(I)c(OCc5cccc(Cl)c5)c(OC)c4)c(=O)n32)c1. The third kappa shape index (κ3) is 6.99. The van der Waals surface area contributed by atoms with E-state index >= 15 is 0 Å². The van der Waals surface area contributed by atoms with Crippen LogP contribution in [-0.2, 0) is 11.4 Å². The normalized spacial score (nSPS) is 14.3. The van der Waals surface area contributed by atoms with E-state index in [2.05, 4.69) is 27.9 Å². The van der Waals surface area contributed by atoms with E-state index < -0.39 is 6.04 Å². The Labute approximate surface area is 293 Å². The number of para-hydroxylation sites is 1. The van der Waals surface area contributed by atoms with E-state index in [0.29, 0.717) is 55.2 Å². The highest BCUT2D eigenvalue weighted by Gasteiger charge is 2.33. The summed E-state index contributed by atoms with van der Waals surface area (Å²) in [5.74, 6) is 1.39. The largest absolute Gasteiger partial charge is 0.497 e. The molecule has 1 aliphatic rings. The zero-order valence-corrected chi connectivity index (χ0v) is 29.4. The van der Waals surface area contributed by atoms with E-state index in [9.17, 15) is 9.59 Å². The number of benzene rings is 4. The van der Waals surface area contributed by atoms with Crippen molar-refractivity contribution in [3.05, 3.63) is 147 Å². The highest BCUT2D eigenvalue weighted by molar-refractivity contribution is 14.1. The van der Waals surface area contributed by atoms with Crippen molar-refractivity contribution in [3.63, 3.8) is 0 Å². The fraction of sp³-hybridized carbons (Fsp3) is 0.139.